The Hall–Kier alpha value is -1.18. The van der Waals surface area contributed by atoms with Crippen LogP contribution in [0.5, 0.6) is 5.75 Å². The summed E-state index contributed by atoms with van der Waals surface area (Å²) in [7, 11) is 0. The van der Waals surface area contributed by atoms with Crippen LogP contribution in [0.4, 0.5) is 0 Å². The van der Waals surface area contributed by atoms with E-state index in [4.69, 9.17) is 24.0 Å². The molecule has 0 aromatic heterocycles. The van der Waals surface area contributed by atoms with E-state index in [0.717, 1.165) is 76.1 Å². The van der Waals surface area contributed by atoms with Crippen molar-refractivity contribution in [2.24, 2.45) is 23.7 Å². The molecule has 7 aliphatic rings. The number of ether oxygens (including phenoxy) is 3. The molecule has 5 aliphatic carbocycles. The number of rotatable bonds is 5. The van der Waals surface area contributed by atoms with E-state index in [9.17, 15) is 0 Å². The molecule has 35 heavy (non-hydrogen) atoms. The Morgan fingerprint density at radius 3 is 2.54 bits per heavy atom. The summed E-state index contributed by atoms with van der Waals surface area (Å²) >= 11 is 0. The molecule has 6 nitrogen and oxygen atoms in total. The Bertz CT molecular complexity index is 902. The smallest absolute Gasteiger partial charge is 0.210 e. The van der Waals surface area contributed by atoms with Gasteiger partial charge in [-0.05, 0) is 92.9 Å². The standard InChI is InChI=1S/C29H41NO5/c1-20-4-5-26(32-12-9-30-7-10-31-11-8-30)18-27(20)23-3-2-6-28(19-23)33-29(35-34-28)24-14-21-13-22(16-24)17-25(29)15-21/h4-5,18,21-25H,2-3,6-17,19H2,1H3/t21?,22?,23-,24?,25?,28-,29?/m1/s1. The van der Waals surface area contributed by atoms with E-state index in [2.05, 4.69) is 30.0 Å². The van der Waals surface area contributed by atoms with E-state index >= 15 is 0 Å². The van der Waals surface area contributed by atoms with Gasteiger partial charge in [0.25, 0.3) is 0 Å². The average Bonchev–Trinajstić information content (AvgIpc) is 3.23. The summed E-state index contributed by atoms with van der Waals surface area (Å²) in [4.78, 5) is 15.0. The molecular weight excluding hydrogens is 442 g/mol. The highest BCUT2D eigenvalue weighted by molar-refractivity contribution is 5.37. The molecule has 0 radical (unpaired) electrons. The minimum Gasteiger partial charge on any atom is -0.492 e. The van der Waals surface area contributed by atoms with Crippen LogP contribution in [0.15, 0.2) is 18.2 Å². The fourth-order valence-corrected chi connectivity index (χ4v) is 8.51. The molecule has 2 spiro atoms. The van der Waals surface area contributed by atoms with Gasteiger partial charge in [-0.3, -0.25) is 4.90 Å². The third kappa shape index (κ3) is 4.14. The van der Waals surface area contributed by atoms with Crippen molar-refractivity contribution < 1.29 is 24.0 Å². The van der Waals surface area contributed by atoms with Gasteiger partial charge in [0, 0.05) is 44.3 Å². The van der Waals surface area contributed by atoms with Gasteiger partial charge in [0.15, 0.2) is 0 Å². The van der Waals surface area contributed by atoms with Gasteiger partial charge < -0.3 is 14.2 Å². The summed E-state index contributed by atoms with van der Waals surface area (Å²) in [6.07, 6.45) is 10.6. The van der Waals surface area contributed by atoms with Crippen LogP contribution in [-0.4, -0.2) is 55.9 Å². The van der Waals surface area contributed by atoms with Crippen molar-refractivity contribution in [2.45, 2.75) is 82.2 Å². The maximum Gasteiger partial charge on any atom is 0.210 e. The molecule has 4 bridgehead atoms. The maximum atomic E-state index is 7.02. The summed E-state index contributed by atoms with van der Waals surface area (Å²) in [5.74, 6) is 3.13. The van der Waals surface area contributed by atoms with Crippen LogP contribution in [0.1, 0.15) is 74.8 Å². The molecule has 1 aromatic carbocycles. The average molecular weight is 484 g/mol. The topological polar surface area (TPSA) is 49.4 Å². The second-order valence-corrected chi connectivity index (χ2v) is 12.3. The molecule has 2 heterocycles. The number of morpholine rings is 1. The largest absolute Gasteiger partial charge is 0.492 e. The summed E-state index contributed by atoms with van der Waals surface area (Å²) in [6, 6.07) is 6.60. The Balaban J connectivity index is 1.04. The second-order valence-electron chi connectivity index (χ2n) is 12.3. The summed E-state index contributed by atoms with van der Waals surface area (Å²) in [6.45, 7) is 7.54. The zero-order valence-electron chi connectivity index (χ0n) is 21.2. The lowest BCUT2D eigenvalue weighted by Crippen LogP contribution is -2.59. The Kier molecular flexibility index (Phi) is 5.90. The van der Waals surface area contributed by atoms with Gasteiger partial charge in [0.05, 0.1) is 13.2 Å². The Morgan fingerprint density at radius 1 is 1.00 bits per heavy atom. The zero-order valence-corrected chi connectivity index (χ0v) is 21.2. The van der Waals surface area contributed by atoms with Crippen LogP contribution in [0.3, 0.4) is 0 Å². The maximum absolute atomic E-state index is 7.02. The van der Waals surface area contributed by atoms with E-state index in [1.807, 2.05) is 0 Å². The van der Waals surface area contributed by atoms with Crippen LogP contribution in [0.2, 0.25) is 0 Å². The van der Waals surface area contributed by atoms with Crippen molar-refractivity contribution in [2.75, 3.05) is 39.5 Å². The third-order valence-electron chi connectivity index (χ3n) is 10.1. The lowest BCUT2D eigenvalue weighted by Gasteiger charge is -2.57. The molecular formula is C29H41NO5. The lowest BCUT2D eigenvalue weighted by atomic mass is 9.53. The fourth-order valence-electron chi connectivity index (χ4n) is 8.51. The summed E-state index contributed by atoms with van der Waals surface area (Å²) in [5.41, 5.74) is 2.71. The molecule has 7 fully saturated rings. The minimum atomic E-state index is -0.585. The highest BCUT2D eigenvalue weighted by Crippen LogP contribution is 2.64. The van der Waals surface area contributed by atoms with Gasteiger partial charge in [-0.15, -0.1) is 0 Å². The Labute approximate surface area is 209 Å². The minimum absolute atomic E-state index is 0.405. The number of aryl methyl sites for hydroxylation is 1. The molecule has 2 saturated heterocycles. The fraction of sp³-hybridized carbons (Fsp3) is 0.793. The molecule has 0 N–H and O–H groups in total. The normalized spacial score (nSPS) is 42.8. The highest BCUT2D eigenvalue weighted by atomic mass is 17.3. The van der Waals surface area contributed by atoms with Crippen LogP contribution in [0, 0.1) is 30.6 Å². The lowest BCUT2D eigenvalue weighted by molar-refractivity contribution is -0.390. The van der Waals surface area contributed by atoms with Crippen molar-refractivity contribution in [3.63, 3.8) is 0 Å². The van der Waals surface area contributed by atoms with E-state index in [1.54, 1.807) is 0 Å². The monoisotopic (exact) mass is 483 g/mol. The van der Waals surface area contributed by atoms with E-state index in [-0.39, 0.29) is 0 Å². The van der Waals surface area contributed by atoms with Gasteiger partial charge in [-0.25, -0.2) is 0 Å². The van der Waals surface area contributed by atoms with Crippen molar-refractivity contribution >= 4 is 0 Å². The van der Waals surface area contributed by atoms with E-state index in [1.165, 1.54) is 43.2 Å². The molecule has 0 amide bonds. The number of nitrogens with zero attached hydrogens (tertiary/aromatic N) is 1. The van der Waals surface area contributed by atoms with Gasteiger partial charge in [-0.1, -0.05) is 6.07 Å². The number of hydrogen-bond donors (Lipinski definition) is 0. The highest BCUT2D eigenvalue weighted by Gasteiger charge is 2.67. The molecule has 6 heteroatoms. The molecule has 2 aliphatic heterocycles. The predicted molar refractivity (Wildman–Crippen MR) is 131 cm³/mol. The number of hydrogen-bond acceptors (Lipinski definition) is 6. The van der Waals surface area contributed by atoms with Gasteiger partial charge in [0.2, 0.25) is 11.6 Å². The number of benzene rings is 1. The third-order valence-corrected chi connectivity index (χ3v) is 10.1. The predicted octanol–water partition coefficient (Wildman–Crippen LogP) is 5.19. The first-order valence-electron chi connectivity index (χ1n) is 14.2. The zero-order chi connectivity index (χ0) is 23.5. The molecule has 2 atom stereocenters. The van der Waals surface area contributed by atoms with Gasteiger partial charge in [-0.2, -0.15) is 9.78 Å². The molecule has 8 rings (SSSR count). The van der Waals surface area contributed by atoms with Crippen LogP contribution >= 0.6 is 0 Å². The van der Waals surface area contributed by atoms with Crippen molar-refractivity contribution in [1.82, 2.24) is 4.90 Å². The first kappa shape index (κ1) is 23.0. The molecule has 1 aromatic rings. The van der Waals surface area contributed by atoms with E-state index < -0.39 is 11.6 Å². The first-order valence-corrected chi connectivity index (χ1v) is 14.2. The van der Waals surface area contributed by atoms with Crippen LogP contribution in [0.25, 0.3) is 0 Å². The van der Waals surface area contributed by atoms with Crippen LogP contribution < -0.4 is 4.74 Å². The Morgan fingerprint density at radius 2 is 1.77 bits per heavy atom. The van der Waals surface area contributed by atoms with Crippen molar-refractivity contribution in [1.29, 1.82) is 0 Å². The van der Waals surface area contributed by atoms with Gasteiger partial charge in [0.1, 0.15) is 12.4 Å². The summed E-state index contributed by atoms with van der Waals surface area (Å²) in [5, 5.41) is 0. The van der Waals surface area contributed by atoms with Gasteiger partial charge >= 0.3 is 0 Å². The van der Waals surface area contributed by atoms with Crippen molar-refractivity contribution in [3.8, 4) is 5.75 Å². The summed E-state index contributed by atoms with van der Waals surface area (Å²) < 4.78 is 18.7. The second kappa shape index (κ2) is 8.98. The molecule has 192 valence electrons. The van der Waals surface area contributed by atoms with E-state index in [0.29, 0.717) is 24.4 Å². The quantitative estimate of drug-likeness (QED) is 0.537. The molecule has 5 saturated carbocycles. The first-order chi connectivity index (χ1) is 17.1. The SMILES string of the molecule is Cc1ccc(OCCN2CCOCC2)cc1[C@@H]1CCC[C@]2(C1)OOC1(O2)C2CC3CC(C2)CC1C3. The van der Waals surface area contributed by atoms with Crippen molar-refractivity contribution in [3.05, 3.63) is 29.3 Å². The molecule has 0 unspecified atom stereocenters. The van der Waals surface area contributed by atoms with Crippen LogP contribution in [-0.2, 0) is 19.2 Å².